The largest absolute Gasteiger partial charge is 0.338 e. The molecule has 0 radical (unpaired) electrons. The highest BCUT2D eigenvalue weighted by Crippen LogP contribution is 2.23. The predicted molar refractivity (Wildman–Crippen MR) is 76.4 cm³/mol. The van der Waals surface area contributed by atoms with Crippen molar-refractivity contribution in [3.05, 3.63) is 34.3 Å². The second-order valence-electron chi connectivity index (χ2n) is 4.85. The van der Waals surface area contributed by atoms with Gasteiger partial charge in [-0.15, -0.1) is 0 Å². The summed E-state index contributed by atoms with van der Waals surface area (Å²) in [5, 5.41) is 0. The summed E-state index contributed by atoms with van der Waals surface area (Å²) in [5.41, 5.74) is 6.81. The lowest BCUT2D eigenvalue weighted by Crippen LogP contribution is -2.49. The third-order valence-electron chi connectivity index (χ3n) is 3.71. The second-order valence-corrected chi connectivity index (χ2v) is 5.71. The van der Waals surface area contributed by atoms with Crippen LogP contribution in [0.5, 0.6) is 0 Å². The Hall–Kier alpha value is -0.870. The molecule has 18 heavy (non-hydrogen) atoms. The van der Waals surface area contributed by atoms with E-state index in [4.69, 9.17) is 5.73 Å². The Morgan fingerprint density at radius 2 is 2.22 bits per heavy atom. The number of likely N-dealkylation sites (tertiary alicyclic amines) is 1. The summed E-state index contributed by atoms with van der Waals surface area (Å²) in [6.07, 6.45) is 1.93. The van der Waals surface area contributed by atoms with Crippen LogP contribution in [0.3, 0.4) is 0 Å². The van der Waals surface area contributed by atoms with Crippen molar-refractivity contribution in [2.75, 3.05) is 13.1 Å². The third-order valence-corrected chi connectivity index (χ3v) is 4.40. The van der Waals surface area contributed by atoms with Crippen molar-refractivity contribution >= 4 is 21.8 Å². The molecule has 98 valence electrons. The van der Waals surface area contributed by atoms with Crippen LogP contribution in [-0.2, 0) is 0 Å². The molecule has 2 atom stereocenters. The first-order valence-corrected chi connectivity index (χ1v) is 7.22. The lowest BCUT2D eigenvalue weighted by molar-refractivity contribution is 0.0648. The number of hydrogen-bond acceptors (Lipinski definition) is 2. The summed E-state index contributed by atoms with van der Waals surface area (Å²) < 4.78 is 0.859. The van der Waals surface area contributed by atoms with Crippen molar-refractivity contribution in [1.29, 1.82) is 0 Å². The average molecular weight is 311 g/mol. The van der Waals surface area contributed by atoms with Gasteiger partial charge in [0.25, 0.3) is 5.91 Å². The molecule has 0 bridgehead atoms. The maximum absolute atomic E-state index is 12.4. The van der Waals surface area contributed by atoms with Crippen LogP contribution in [0.1, 0.15) is 30.1 Å². The molecule has 1 aliphatic heterocycles. The number of hydrogen-bond donors (Lipinski definition) is 1. The highest BCUT2D eigenvalue weighted by Gasteiger charge is 2.29. The van der Waals surface area contributed by atoms with Gasteiger partial charge in [-0.05, 0) is 40.4 Å². The molecule has 1 heterocycles. The smallest absolute Gasteiger partial charge is 0.255 e. The zero-order chi connectivity index (χ0) is 13.1. The minimum atomic E-state index is 0.104. The fraction of sp³-hybridized carbons (Fsp3) is 0.500. The van der Waals surface area contributed by atoms with Crippen LogP contribution in [-0.4, -0.2) is 29.9 Å². The quantitative estimate of drug-likeness (QED) is 0.913. The first-order chi connectivity index (χ1) is 8.63. The van der Waals surface area contributed by atoms with Gasteiger partial charge in [-0.3, -0.25) is 4.79 Å². The lowest BCUT2D eigenvalue weighted by Gasteiger charge is -2.36. The van der Waals surface area contributed by atoms with Gasteiger partial charge in [0, 0.05) is 23.6 Å². The minimum Gasteiger partial charge on any atom is -0.338 e. The number of halogens is 1. The van der Waals surface area contributed by atoms with Gasteiger partial charge in [0.2, 0.25) is 0 Å². The van der Waals surface area contributed by atoms with Gasteiger partial charge in [-0.25, -0.2) is 0 Å². The molecule has 1 saturated heterocycles. The average Bonchev–Trinajstić information content (AvgIpc) is 2.39. The van der Waals surface area contributed by atoms with Crippen LogP contribution >= 0.6 is 15.9 Å². The number of nitrogens with two attached hydrogens (primary N) is 1. The lowest BCUT2D eigenvalue weighted by atomic mass is 9.90. The van der Waals surface area contributed by atoms with Crippen LogP contribution in [0.25, 0.3) is 0 Å². The number of piperidine rings is 1. The molecule has 2 N–H and O–H groups in total. The van der Waals surface area contributed by atoms with Gasteiger partial charge >= 0.3 is 0 Å². The molecule has 1 fully saturated rings. The summed E-state index contributed by atoms with van der Waals surface area (Å²) in [6.45, 7) is 3.67. The molecule has 1 aliphatic rings. The van der Waals surface area contributed by atoms with Crippen LogP contribution in [0.4, 0.5) is 0 Å². The maximum atomic E-state index is 12.4. The van der Waals surface area contributed by atoms with Crippen molar-refractivity contribution < 1.29 is 4.79 Å². The number of carbonyl (C=O) groups excluding carboxylic acids is 1. The predicted octanol–water partition coefficient (Wildman–Crippen LogP) is 2.65. The molecule has 0 aliphatic carbocycles. The molecule has 1 aromatic rings. The number of nitrogens with zero attached hydrogens (tertiary/aromatic N) is 1. The SMILES string of the molecule is CCC1CN(C(=O)c2ccccc2Br)CCC1N. The van der Waals surface area contributed by atoms with E-state index in [0.29, 0.717) is 5.92 Å². The zero-order valence-corrected chi connectivity index (χ0v) is 12.2. The van der Waals surface area contributed by atoms with Crippen molar-refractivity contribution in [2.24, 2.45) is 11.7 Å². The van der Waals surface area contributed by atoms with Crippen molar-refractivity contribution in [1.82, 2.24) is 4.90 Å². The fourth-order valence-corrected chi connectivity index (χ4v) is 2.93. The highest BCUT2D eigenvalue weighted by molar-refractivity contribution is 9.10. The normalized spacial score (nSPS) is 24.1. The van der Waals surface area contributed by atoms with Gasteiger partial charge in [-0.2, -0.15) is 0 Å². The Morgan fingerprint density at radius 3 is 2.89 bits per heavy atom. The molecule has 3 nitrogen and oxygen atoms in total. The summed E-state index contributed by atoms with van der Waals surface area (Å²) in [5.74, 6) is 0.526. The molecule has 0 spiro atoms. The number of benzene rings is 1. The molecule has 1 amide bonds. The van der Waals surface area contributed by atoms with Crippen molar-refractivity contribution in [3.8, 4) is 0 Å². The second kappa shape index (κ2) is 5.85. The van der Waals surface area contributed by atoms with E-state index in [2.05, 4.69) is 22.9 Å². The minimum absolute atomic E-state index is 0.104. The summed E-state index contributed by atoms with van der Waals surface area (Å²) in [6, 6.07) is 7.81. The van der Waals surface area contributed by atoms with Gasteiger partial charge < -0.3 is 10.6 Å². The Morgan fingerprint density at radius 1 is 1.50 bits per heavy atom. The Kier molecular flexibility index (Phi) is 4.40. The van der Waals surface area contributed by atoms with E-state index in [9.17, 15) is 4.79 Å². The Bertz CT molecular complexity index is 436. The number of carbonyl (C=O) groups is 1. The van der Waals surface area contributed by atoms with Crippen molar-refractivity contribution in [2.45, 2.75) is 25.8 Å². The molecule has 1 aromatic carbocycles. The van der Waals surface area contributed by atoms with Crippen LogP contribution in [0.2, 0.25) is 0 Å². The van der Waals surface area contributed by atoms with E-state index in [-0.39, 0.29) is 11.9 Å². The molecule has 2 rings (SSSR count). The molecule has 0 aromatic heterocycles. The standard InChI is InChI=1S/C14H19BrN2O/c1-2-10-9-17(8-7-13(10)16)14(18)11-5-3-4-6-12(11)15/h3-6,10,13H,2,7-9,16H2,1H3. The van der Waals surface area contributed by atoms with Crippen LogP contribution in [0.15, 0.2) is 28.7 Å². The van der Waals surface area contributed by atoms with E-state index in [1.54, 1.807) is 0 Å². The molecular formula is C14H19BrN2O. The van der Waals surface area contributed by atoms with E-state index < -0.39 is 0 Å². The van der Waals surface area contributed by atoms with E-state index in [1.165, 1.54) is 0 Å². The van der Waals surface area contributed by atoms with E-state index in [1.807, 2.05) is 29.2 Å². The van der Waals surface area contributed by atoms with Gasteiger partial charge in [-0.1, -0.05) is 25.5 Å². The Labute approximate surface area is 116 Å². The van der Waals surface area contributed by atoms with Crippen LogP contribution in [0, 0.1) is 5.92 Å². The topological polar surface area (TPSA) is 46.3 Å². The summed E-state index contributed by atoms with van der Waals surface area (Å²) in [4.78, 5) is 14.4. The first-order valence-electron chi connectivity index (χ1n) is 6.43. The third kappa shape index (κ3) is 2.75. The summed E-state index contributed by atoms with van der Waals surface area (Å²) in [7, 11) is 0. The number of amides is 1. The monoisotopic (exact) mass is 310 g/mol. The maximum Gasteiger partial charge on any atom is 0.255 e. The van der Waals surface area contributed by atoms with E-state index >= 15 is 0 Å². The fourth-order valence-electron chi connectivity index (χ4n) is 2.47. The van der Waals surface area contributed by atoms with E-state index in [0.717, 1.165) is 36.0 Å². The molecule has 0 saturated carbocycles. The molecular weight excluding hydrogens is 292 g/mol. The summed E-state index contributed by atoms with van der Waals surface area (Å²) >= 11 is 3.44. The van der Waals surface area contributed by atoms with Crippen LogP contribution < -0.4 is 5.73 Å². The highest BCUT2D eigenvalue weighted by atomic mass is 79.9. The van der Waals surface area contributed by atoms with Gasteiger partial charge in [0.05, 0.1) is 5.56 Å². The number of rotatable bonds is 2. The zero-order valence-electron chi connectivity index (χ0n) is 10.6. The molecule has 2 unspecified atom stereocenters. The van der Waals surface area contributed by atoms with Gasteiger partial charge in [0.15, 0.2) is 0 Å². The first kappa shape index (κ1) is 13.6. The van der Waals surface area contributed by atoms with Gasteiger partial charge in [0.1, 0.15) is 0 Å². The van der Waals surface area contributed by atoms with Crippen molar-refractivity contribution in [3.63, 3.8) is 0 Å². The molecule has 4 heteroatoms. The Balaban J connectivity index is 2.13.